The van der Waals surface area contributed by atoms with Gasteiger partial charge < -0.3 is 14.6 Å². The SMILES string of the molecule is C=CC[C@H](O)C(OC)OC. The van der Waals surface area contributed by atoms with E-state index in [0.29, 0.717) is 6.42 Å². The molecule has 3 nitrogen and oxygen atoms in total. The Morgan fingerprint density at radius 2 is 2.00 bits per heavy atom. The van der Waals surface area contributed by atoms with E-state index in [9.17, 15) is 5.11 Å². The third-order valence-electron chi connectivity index (χ3n) is 1.19. The predicted octanol–water partition coefficient (Wildman–Crippen LogP) is 0.542. The third kappa shape index (κ3) is 2.96. The van der Waals surface area contributed by atoms with Gasteiger partial charge in [-0.25, -0.2) is 0 Å². The Labute approximate surface area is 61.3 Å². The molecule has 1 atom stereocenters. The first kappa shape index (κ1) is 9.62. The standard InChI is InChI=1S/C7H14O3/c1-4-5-6(8)7(9-2)10-3/h4,6-8H,1,5H2,2-3H3/t6-/m0/s1. The number of aliphatic hydroxyl groups is 1. The second-order valence-corrected chi connectivity index (χ2v) is 1.93. The van der Waals surface area contributed by atoms with Crippen molar-refractivity contribution in [3.05, 3.63) is 12.7 Å². The van der Waals surface area contributed by atoms with E-state index in [2.05, 4.69) is 6.58 Å². The lowest BCUT2D eigenvalue weighted by atomic mass is 10.2. The molecule has 0 heterocycles. The van der Waals surface area contributed by atoms with Crippen molar-refractivity contribution in [2.24, 2.45) is 0 Å². The fourth-order valence-electron chi connectivity index (χ4n) is 0.692. The van der Waals surface area contributed by atoms with Crippen molar-refractivity contribution < 1.29 is 14.6 Å². The summed E-state index contributed by atoms with van der Waals surface area (Å²) in [7, 11) is 2.97. The summed E-state index contributed by atoms with van der Waals surface area (Å²) in [5.41, 5.74) is 0. The molecule has 0 unspecified atom stereocenters. The molecule has 0 amide bonds. The molecule has 0 aliphatic carbocycles. The van der Waals surface area contributed by atoms with Crippen molar-refractivity contribution in [2.45, 2.75) is 18.8 Å². The van der Waals surface area contributed by atoms with Gasteiger partial charge >= 0.3 is 0 Å². The highest BCUT2D eigenvalue weighted by atomic mass is 16.7. The fourth-order valence-corrected chi connectivity index (χ4v) is 0.692. The minimum absolute atomic E-state index is 0.479. The average Bonchev–Trinajstić information content (AvgIpc) is 1.91. The highest BCUT2D eigenvalue weighted by molar-refractivity contribution is 4.73. The summed E-state index contributed by atoms with van der Waals surface area (Å²) in [6.07, 6.45) is 0.938. The maximum atomic E-state index is 9.19. The molecule has 0 fully saturated rings. The Kier molecular flexibility index (Phi) is 5.20. The summed E-state index contributed by atoms with van der Waals surface area (Å²) in [6, 6.07) is 0. The molecule has 0 spiro atoms. The topological polar surface area (TPSA) is 38.7 Å². The monoisotopic (exact) mass is 146 g/mol. The van der Waals surface area contributed by atoms with Crippen molar-refractivity contribution in [3.63, 3.8) is 0 Å². The van der Waals surface area contributed by atoms with Crippen LogP contribution in [0.5, 0.6) is 0 Å². The molecule has 0 bridgehead atoms. The van der Waals surface area contributed by atoms with Gasteiger partial charge in [-0.1, -0.05) is 6.08 Å². The Hall–Kier alpha value is -0.380. The van der Waals surface area contributed by atoms with Crippen molar-refractivity contribution in [2.75, 3.05) is 14.2 Å². The zero-order valence-electron chi connectivity index (χ0n) is 6.41. The molecule has 0 aliphatic rings. The first-order valence-electron chi connectivity index (χ1n) is 3.10. The van der Waals surface area contributed by atoms with Crippen LogP contribution < -0.4 is 0 Å². The van der Waals surface area contributed by atoms with Crippen LogP contribution in [0.3, 0.4) is 0 Å². The minimum Gasteiger partial charge on any atom is -0.388 e. The molecule has 0 aromatic rings. The number of methoxy groups -OCH3 is 2. The summed E-state index contributed by atoms with van der Waals surface area (Å²) in [6.45, 7) is 3.48. The lowest BCUT2D eigenvalue weighted by Crippen LogP contribution is -2.28. The number of aliphatic hydroxyl groups excluding tert-OH is 1. The van der Waals surface area contributed by atoms with Gasteiger partial charge in [0.2, 0.25) is 0 Å². The van der Waals surface area contributed by atoms with Crippen molar-refractivity contribution in [3.8, 4) is 0 Å². The van der Waals surface area contributed by atoms with Gasteiger partial charge in [-0.3, -0.25) is 0 Å². The summed E-state index contributed by atoms with van der Waals surface area (Å²) in [5.74, 6) is 0. The maximum Gasteiger partial charge on any atom is 0.183 e. The van der Waals surface area contributed by atoms with Gasteiger partial charge in [0.1, 0.15) is 6.10 Å². The molecule has 60 valence electrons. The van der Waals surface area contributed by atoms with E-state index >= 15 is 0 Å². The molecular weight excluding hydrogens is 132 g/mol. The molecule has 0 aliphatic heterocycles. The fraction of sp³-hybridized carbons (Fsp3) is 0.714. The van der Waals surface area contributed by atoms with Gasteiger partial charge in [0.15, 0.2) is 6.29 Å². The molecule has 1 N–H and O–H groups in total. The van der Waals surface area contributed by atoms with Crippen LogP contribution in [0.15, 0.2) is 12.7 Å². The van der Waals surface area contributed by atoms with Gasteiger partial charge in [0.25, 0.3) is 0 Å². The van der Waals surface area contributed by atoms with Crippen LogP contribution in [0.4, 0.5) is 0 Å². The molecular formula is C7H14O3. The maximum absolute atomic E-state index is 9.19. The summed E-state index contributed by atoms with van der Waals surface area (Å²) < 4.78 is 9.59. The van der Waals surface area contributed by atoms with Crippen LogP contribution >= 0.6 is 0 Å². The van der Waals surface area contributed by atoms with Gasteiger partial charge in [-0.15, -0.1) is 6.58 Å². The Balaban J connectivity index is 3.63. The van der Waals surface area contributed by atoms with Crippen LogP contribution in [-0.4, -0.2) is 31.7 Å². The highest BCUT2D eigenvalue weighted by Crippen LogP contribution is 2.03. The molecule has 0 aromatic heterocycles. The Morgan fingerprint density at radius 3 is 2.30 bits per heavy atom. The van der Waals surface area contributed by atoms with Gasteiger partial charge in [-0.2, -0.15) is 0 Å². The molecule has 0 aromatic carbocycles. The normalized spacial score (nSPS) is 13.6. The molecule has 0 saturated carbocycles. The summed E-state index contributed by atoms with van der Waals surface area (Å²) in [4.78, 5) is 0. The lowest BCUT2D eigenvalue weighted by molar-refractivity contribution is -0.162. The van der Waals surface area contributed by atoms with E-state index in [0.717, 1.165) is 0 Å². The first-order chi connectivity index (χ1) is 4.76. The zero-order chi connectivity index (χ0) is 7.98. The molecule has 10 heavy (non-hydrogen) atoms. The van der Waals surface area contributed by atoms with Crippen LogP contribution in [0.2, 0.25) is 0 Å². The largest absolute Gasteiger partial charge is 0.388 e. The summed E-state index contributed by atoms with van der Waals surface area (Å²) in [5, 5.41) is 9.19. The van der Waals surface area contributed by atoms with E-state index in [4.69, 9.17) is 9.47 Å². The third-order valence-corrected chi connectivity index (χ3v) is 1.19. The van der Waals surface area contributed by atoms with E-state index in [-0.39, 0.29) is 0 Å². The first-order valence-corrected chi connectivity index (χ1v) is 3.10. The average molecular weight is 146 g/mol. The van der Waals surface area contributed by atoms with E-state index in [1.807, 2.05) is 0 Å². The van der Waals surface area contributed by atoms with Crippen molar-refractivity contribution >= 4 is 0 Å². The lowest BCUT2D eigenvalue weighted by Gasteiger charge is -2.17. The molecule has 3 heteroatoms. The molecule has 0 radical (unpaired) electrons. The molecule has 0 rings (SSSR count). The smallest absolute Gasteiger partial charge is 0.183 e. The Morgan fingerprint density at radius 1 is 1.50 bits per heavy atom. The van der Waals surface area contributed by atoms with Crippen LogP contribution in [0.1, 0.15) is 6.42 Å². The Bertz CT molecular complexity index is 88.9. The van der Waals surface area contributed by atoms with Crippen molar-refractivity contribution in [1.82, 2.24) is 0 Å². The second-order valence-electron chi connectivity index (χ2n) is 1.93. The highest BCUT2D eigenvalue weighted by Gasteiger charge is 2.15. The van der Waals surface area contributed by atoms with E-state index < -0.39 is 12.4 Å². The van der Waals surface area contributed by atoms with Crippen LogP contribution in [-0.2, 0) is 9.47 Å². The number of ether oxygens (including phenoxy) is 2. The minimum atomic E-state index is -0.618. The van der Waals surface area contributed by atoms with Gasteiger partial charge in [-0.05, 0) is 6.42 Å². The summed E-state index contributed by atoms with van der Waals surface area (Å²) >= 11 is 0. The zero-order valence-corrected chi connectivity index (χ0v) is 6.41. The number of hydrogen-bond donors (Lipinski definition) is 1. The van der Waals surface area contributed by atoms with Crippen LogP contribution in [0.25, 0.3) is 0 Å². The number of rotatable bonds is 5. The van der Waals surface area contributed by atoms with E-state index in [1.165, 1.54) is 14.2 Å². The quantitative estimate of drug-likeness (QED) is 0.454. The second kappa shape index (κ2) is 5.41. The van der Waals surface area contributed by atoms with Crippen LogP contribution in [0, 0.1) is 0 Å². The van der Waals surface area contributed by atoms with Crippen molar-refractivity contribution in [1.29, 1.82) is 0 Å². The molecule has 0 saturated heterocycles. The predicted molar refractivity (Wildman–Crippen MR) is 38.6 cm³/mol. The van der Waals surface area contributed by atoms with E-state index in [1.54, 1.807) is 6.08 Å². The van der Waals surface area contributed by atoms with Gasteiger partial charge in [0, 0.05) is 14.2 Å². The van der Waals surface area contributed by atoms with Gasteiger partial charge in [0.05, 0.1) is 0 Å². The number of hydrogen-bond acceptors (Lipinski definition) is 3.